The van der Waals surface area contributed by atoms with Crippen LogP contribution in [0, 0.1) is 0 Å². The molecule has 1 aliphatic rings. The number of rotatable bonds is 5. The van der Waals surface area contributed by atoms with Gasteiger partial charge >= 0.3 is 0 Å². The van der Waals surface area contributed by atoms with Gasteiger partial charge < -0.3 is 5.11 Å². The third kappa shape index (κ3) is 4.44. The first-order valence-electron chi connectivity index (χ1n) is 7.94. The van der Waals surface area contributed by atoms with E-state index in [0.29, 0.717) is 11.8 Å². The van der Waals surface area contributed by atoms with E-state index in [2.05, 4.69) is 4.90 Å². The lowest BCUT2D eigenvalue weighted by Crippen LogP contribution is -2.27. The SMILES string of the molecule is O=C(SC1CCN(CC(O)c2ccccc2)C1)c1ccccc1. The van der Waals surface area contributed by atoms with Crippen molar-refractivity contribution in [2.45, 2.75) is 17.8 Å². The number of nitrogens with zero attached hydrogens (tertiary/aromatic N) is 1. The zero-order valence-corrected chi connectivity index (χ0v) is 13.8. The number of aliphatic hydroxyl groups is 1. The Morgan fingerprint density at radius 3 is 2.48 bits per heavy atom. The number of carbonyl (C=O) groups is 1. The Bertz CT molecular complexity index is 632. The van der Waals surface area contributed by atoms with Crippen LogP contribution in [0.5, 0.6) is 0 Å². The van der Waals surface area contributed by atoms with Crippen LogP contribution >= 0.6 is 11.8 Å². The molecule has 2 aromatic carbocycles. The molecule has 1 aliphatic heterocycles. The van der Waals surface area contributed by atoms with Crippen molar-refractivity contribution in [3.8, 4) is 0 Å². The van der Waals surface area contributed by atoms with E-state index in [9.17, 15) is 9.90 Å². The van der Waals surface area contributed by atoms with Crippen molar-refractivity contribution in [2.75, 3.05) is 19.6 Å². The topological polar surface area (TPSA) is 40.5 Å². The molecule has 120 valence electrons. The molecular weight excluding hydrogens is 306 g/mol. The van der Waals surface area contributed by atoms with Gasteiger partial charge in [-0.25, -0.2) is 0 Å². The fourth-order valence-electron chi connectivity index (χ4n) is 2.88. The monoisotopic (exact) mass is 327 g/mol. The van der Waals surface area contributed by atoms with Gasteiger partial charge in [-0.15, -0.1) is 0 Å². The van der Waals surface area contributed by atoms with Gasteiger partial charge in [0, 0.05) is 23.9 Å². The maximum absolute atomic E-state index is 12.2. The average Bonchev–Trinajstić information content (AvgIpc) is 3.03. The van der Waals surface area contributed by atoms with Crippen LogP contribution in [-0.2, 0) is 0 Å². The summed E-state index contributed by atoms with van der Waals surface area (Å²) in [5, 5.41) is 10.8. The van der Waals surface area contributed by atoms with E-state index < -0.39 is 6.10 Å². The summed E-state index contributed by atoms with van der Waals surface area (Å²) in [5.41, 5.74) is 1.71. The molecular formula is C19H21NO2S. The third-order valence-electron chi connectivity index (χ3n) is 4.13. The summed E-state index contributed by atoms with van der Waals surface area (Å²) in [6.45, 7) is 2.41. The van der Waals surface area contributed by atoms with Crippen molar-refractivity contribution >= 4 is 16.9 Å². The fourth-order valence-corrected chi connectivity index (χ4v) is 3.96. The number of benzene rings is 2. The summed E-state index contributed by atoms with van der Waals surface area (Å²) < 4.78 is 0. The molecule has 1 fully saturated rings. The summed E-state index contributed by atoms with van der Waals surface area (Å²) in [4.78, 5) is 14.5. The molecule has 0 saturated carbocycles. The molecule has 0 spiro atoms. The number of aliphatic hydroxyl groups excluding tert-OH is 1. The first-order chi connectivity index (χ1) is 11.2. The Balaban J connectivity index is 1.50. The second-order valence-electron chi connectivity index (χ2n) is 5.87. The summed E-state index contributed by atoms with van der Waals surface area (Å²) in [6, 6.07) is 19.2. The molecule has 0 bridgehead atoms. The van der Waals surface area contributed by atoms with Crippen LogP contribution in [0.1, 0.15) is 28.4 Å². The predicted molar refractivity (Wildman–Crippen MR) is 94.6 cm³/mol. The Kier molecular flexibility index (Phi) is 5.49. The Morgan fingerprint density at radius 1 is 1.13 bits per heavy atom. The quantitative estimate of drug-likeness (QED) is 0.914. The van der Waals surface area contributed by atoms with E-state index in [0.717, 1.165) is 30.6 Å². The molecule has 3 nitrogen and oxygen atoms in total. The van der Waals surface area contributed by atoms with Crippen LogP contribution in [-0.4, -0.2) is 40.0 Å². The van der Waals surface area contributed by atoms with Crippen molar-refractivity contribution < 1.29 is 9.90 Å². The number of hydrogen-bond acceptors (Lipinski definition) is 4. The van der Waals surface area contributed by atoms with Crippen molar-refractivity contribution in [3.05, 3.63) is 71.8 Å². The molecule has 0 amide bonds. The molecule has 0 radical (unpaired) electrons. The third-order valence-corrected chi connectivity index (χ3v) is 5.30. The average molecular weight is 327 g/mol. The van der Waals surface area contributed by atoms with Crippen LogP contribution in [0.2, 0.25) is 0 Å². The molecule has 4 heteroatoms. The molecule has 2 atom stereocenters. The normalized spacial score (nSPS) is 19.6. The minimum atomic E-state index is -0.468. The van der Waals surface area contributed by atoms with Crippen LogP contribution < -0.4 is 0 Å². The van der Waals surface area contributed by atoms with Gasteiger partial charge in [-0.3, -0.25) is 9.69 Å². The molecule has 2 unspecified atom stereocenters. The Labute approximate surface area is 141 Å². The smallest absolute Gasteiger partial charge is 0.219 e. The first-order valence-corrected chi connectivity index (χ1v) is 8.82. The first kappa shape index (κ1) is 16.2. The van der Waals surface area contributed by atoms with Gasteiger partial charge in [0.15, 0.2) is 0 Å². The number of β-amino-alcohol motifs (C(OH)–C–C–N with tert-alkyl or cyclic N) is 1. The van der Waals surface area contributed by atoms with Crippen LogP contribution in [0.25, 0.3) is 0 Å². The molecule has 0 aromatic heterocycles. The predicted octanol–water partition coefficient (Wildman–Crippen LogP) is 3.37. The number of carbonyl (C=O) groups excluding carboxylic acids is 1. The lowest BCUT2D eigenvalue weighted by Gasteiger charge is -2.20. The molecule has 1 saturated heterocycles. The highest BCUT2D eigenvalue weighted by atomic mass is 32.2. The van der Waals surface area contributed by atoms with Gasteiger partial charge in [-0.2, -0.15) is 0 Å². The second kappa shape index (κ2) is 7.77. The molecule has 1 heterocycles. The summed E-state index contributed by atoms with van der Waals surface area (Å²) in [5.74, 6) is 0. The second-order valence-corrected chi connectivity index (χ2v) is 7.14. The van der Waals surface area contributed by atoms with E-state index in [1.807, 2.05) is 60.7 Å². The van der Waals surface area contributed by atoms with E-state index >= 15 is 0 Å². The summed E-state index contributed by atoms with van der Waals surface area (Å²) >= 11 is 1.42. The highest BCUT2D eigenvalue weighted by Gasteiger charge is 2.27. The van der Waals surface area contributed by atoms with E-state index in [1.54, 1.807) is 0 Å². The van der Waals surface area contributed by atoms with E-state index in [-0.39, 0.29) is 5.12 Å². The number of likely N-dealkylation sites (tertiary alicyclic amines) is 1. The Morgan fingerprint density at radius 2 is 1.78 bits per heavy atom. The molecule has 0 aliphatic carbocycles. The fraction of sp³-hybridized carbons (Fsp3) is 0.316. The number of hydrogen-bond donors (Lipinski definition) is 1. The minimum Gasteiger partial charge on any atom is -0.387 e. The maximum Gasteiger partial charge on any atom is 0.219 e. The highest BCUT2D eigenvalue weighted by Crippen LogP contribution is 2.27. The van der Waals surface area contributed by atoms with Gasteiger partial charge in [0.05, 0.1) is 6.10 Å². The van der Waals surface area contributed by atoms with Crippen LogP contribution in [0.15, 0.2) is 60.7 Å². The zero-order chi connectivity index (χ0) is 16.1. The Hall–Kier alpha value is -1.62. The lowest BCUT2D eigenvalue weighted by molar-refractivity contribution is 0.108. The van der Waals surface area contributed by atoms with Gasteiger partial charge in [0.1, 0.15) is 0 Å². The maximum atomic E-state index is 12.2. The van der Waals surface area contributed by atoms with Gasteiger partial charge in [-0.05, 0) is 18.5 Å². The van der Waals surface area contributed by atoms with Crippen molar-refractivity contribution in [3.63, 3.8) is 0 Å². The van der Waals surface area contributed by atoms with Gasteiger partial charge in [-0.1, -0.05) is 72.4 Å². The number of thioether (sulfide) groups is 1. The van der Waals surface area contributed by atoms with Crippen molar-refractivity contribution in [1.29, 1.82) is 0 Å². The largest absolute Gasteiger partial charge is 0.387 e. The molecule has 1 N–H and O–H groups in total. The van der Waals surface area contributed by atoms with E-state index in [4.69, 9.17) is 0 Å². The van der Waals surface area contributed by atoms with Crippen LogP contribution in [0.4, 0.5) is 0 Å². The summed E-state index contributed by atoms with van der Waals surface area (Å²) in [6.07, 6.45) is 0.523. The summed E-state index contributed by atoms with van der Waals surface area (Å²) in [7, 11) is 0. The lowest BCUT2D eigenvalue weighted by atomic mass is 10.1. The molecule has 2 aromatic rings. The van der Waals surface area contributed by atoms with Gasteiger partial charge in [0.25, 0.3) is 0 Å². The molecule has 3 rings (SSSR count). The van der Waals surface area contributed by atoms with E-state index in [1.165, 1.54) is 11.8 Å². The minimum absolute atomic E-state index is 0.140. The molecule has 23 heavy (non-hydrogen) atoms. The van der Waals surface area contributed by atoms with Crippen molar-refractivity contribution in [2.24, 2.45) is 0 Å². The van der Waals surface area contributed by atoms with Gasteiger partial charge in [0.2, 0.25) is 5.12 Å². The van der Waals surface area contributed by atoms with Crippen molar-refractivity contribution in [1.82, 2.24) is 4.90 Å². The van der Waals surface area contributed by atoms with Crippen LogP contribution in [0.3, 0.4) is 0 Å². The standard InChI is InChI=1S/C19H21NO2S/c21-18(15-7-3-1-4-8-15)14-20-12-11-17(13-20)23-19(22)16-9-5-2-6-10-16/h1-10,17-18,21H,11-14H2. The highest BCUT2D eigenvalue weighted by molar-refractivity contribution is 8.14. The zero-order valence-electron chi connectivity index (χ0n) is 13.0.